The number of carbonyl (C=O) groups is 2. The van der Waals surface area contributed by atoms with Crippen LogP contribution in [0.25, 0.3) is 11.3 Å². The number of methoxy groups -OCH3 is 1. The molecule has 4 rings (SSSR count). The normalized spacial score (nSPS) is 15.3. The number of benzene rings is 2. The molecular weight excluding hydrogens is 421 g/mol. The number of rotatable bonds is 6. The van der Waals surface area contributed by atoms with Crippen LogP contribution in [0.3, 0.4) is 0 Å². The molecule has 2 amide bonds. The maximum atomic E-state index is 13.9. The molecule has 3 aromatic rings. The topological polar surface area (TPSA) is 80.8 Å². The van der Waals surface area contributed by atoms with Gasteiger partial charge >= 0.3 is 0 Å². The number of anilines is 2. The number of fused-ring (bicyclic) bond motifs is 1. The Morgan fingerprint density at radius 2 is 2.13 bits per heavy atom. The number of nitrogens with one attached hydrogen (secondary N) is 1. The van der Waals surface area contributed by atoms with E-state index in [9.17, 15) is 14.0 Å². The van der Waals surface area contributed by atoms with Crippen molar-refractivity contribution in [3.8, 4) is 22.8 Å². The summed E-state index contributed by atoms with van der Waals surface area (Å²) in [6.07, 6.45) is -0.511. The van der Waals surface area contributed by atoms with Crippen LogP contribution < -0.4 is 19.7 Å². The number of halogens is 1. The van der Waals surface area contributed by atoms with Gasteiger partial charge in [0.15, 0.2) is 22.8 Å². The zero-order chi connectivity index (χ0) is 22.0. The van der Waals surface area contributed by atoms with Gasteiger partial charge in [-0.15, -0.1) is 11.3 Å². The van der Waals surface area contributed by atoms with Gasteiger partial charge in [-0.05, 0) is 37.3 Å². The highest BCUT2D eigenvalue weighted by Gasteiger charge is 2.31. The van der Waals surface area contributed by atoms with Crippen LogP contribution in [0.4, 0.5) is 15.2 Å². The van der Waals surface area contributed by atoms with Gasteiger partial charge < -0.3 is 19.7 Å². The quantitative estimate of drug-likeness (QED) is 0.623. The van der Waals surface area contributed by atoms with E-state index in [1.54, 1.807) is 35.4 Å². The summed E-state index contributed by atoms with van der Waals surface area (Å²) in [5.74, 6) is -0.175. The Morgan fingerprint density at radius 3 is 2.90 bits per heavy atom. The smallest absolute Gasteiger partial charge is 0.267 e. The molecule has 7 nitrogen and oxygen atoms in total. The van der Waals surface area contributed by atoms with Gasteiger partial charge in [0.05, 0.1) is 18.5 Å². The van der Waals surface area contributed by atoms with E-state index < -0.39 is 11.9 Å². The highest BCUT2D eigenvalue weighted by molar-refractivity contribution is 7.14. The third kappa shape index (κ3) is 4.36. The average molecular weight is 441 g/mol. The van der Waals surface area contributed by atoms with Crippen LogP contribution in [0.1, 0.15) is 13.3 Å². The lowest BCUT2D eigenvalue weighted by molar-refractivity contribution is -0.125. The summed E-state index contributed by atoms with van der Waals surface area (Å²) in [5, 5.41) is 4.88. The Morgan fingerprint density at radius 1 is 1.32 bits per heavy atom. The lowest BCUT2D eigenvalue weighted by atomic mass is 10.1. The van der Waals surface area contributed by atoms with Crippen LogP contribution in [0.5, 0.6) is 11.5 Å². The number of amides is 2. The molecule has 0 bridgehead atoms. The molecule has 31 heavy (non-hydrogen) atoms. The predicted octanol–water partition coefficient (Wildman–Crippen LogP) is 4.10. The highest BCUT2D eigenvalue weighted by atomic mass is 32.1. The number of ether oxygens (including phenoxy) is 2. The van der Waals surface area contributed by atoms with Crippen LogP contribution in [0.15, 0.2) is 47.8 Å². The molecule has 1 aliphatic heterocycles. The average Bonchev–Trinajstić information content (AvgIpc) is 3.22. The third-order valence-electron chi connectivity index (χ3n) is 4.83. The number of thiazole rings is 1. The van der Waals surface area contributed by atoms with Crippen molar-refractivity contribution in [2.45, 2.75) is 19.4 Å². The summed E-state index contributed by atoms with van der Waals surface area (Å²) in [5.41, 5.74) is 1.78. The van der Waals surface area contributed by atoms with E-state index >= 15 is 0 Å². The third-order valence-corrected chi connectivity index (χ3v) is 5.59. The van der Waals surface area contributed by atoms with Gasteiger partial charge in [0.2, 0.25) is 5.91 Å². The van der Waals surface area contributed by atoms with E-state index in [-0.39, 0.29) is 30.5 Å². The van der Waals surface area contributed by atoms with Gasteiger partial charge in [0.25, 0.3) is 5.91 Å². The van der Waals surface area contributed by atoms with E-state index in [0.29, 0.717) is 27.8 Å². The minimum absolute atomic E-state index is 0.0961. The van der Waals surface area contributed by atoms with E-state index in [1.807, 2.05) is 12.1 Å². The van der Waals surface area contributed by atoms with Gasteiger partial charge in [-0.2, -0.15) is 0 Å². The number of carbonyl (C=O) groups excluding carboxylic acids is 2. The van der Waals surface area contributed by atoms with Gasteiger partial charge in [0, 0.05) is 23.9 Å². The first-order chi connectivity index (χ1) is 15.0. The predicted molar refractivity (Wildman–Crippen MR) is 116 cm³/mol. The summed E-state index contributed by atoms with van der Waals surface area (Å²) < 4.78 is 24.5. The summed E-state index contributed by atoms with van der Waals surface area (Å²) in [4.78, 5) is 30.9. The largest absolute Gasteiger partial charge is 0.494 e. The minimum atomic E-state index is -0.607. The van der Waals surface area contributed by atoms with Crippen molar-refractivity contribution in [2.75, 3.05) is 23.9 Å². The second-order valence-electron chi connectivity index (χ2n) is 6.90. The Bertz CT molecular complexity index is 1130. The summed E-state index contributed by atoms with van der Waals surface area (Å²) in [6, 6.07) is 11.8. The van der Waals surface area contributed by atoms with E-state index in [1.165, 1.54) is 30.6 Å². The molecule has 0 spiro atoms. The van der Waals surface area contributed by atoms with Crippen molar-refractivity contribution in [1.82, 2.24) is 4.98 Å². The second kappa shape index (κ2) is 8.73. The van der Waals surface area contributed by atoms with Crippen molar-refractivity contribution >= 4 is 34.0 Å². The molecular formula is C22H20FN3O4S. The zero-order valence-corrected chi connectivity index (χ0v) is 17.7. The van der Waals surface area contributed by atoms with Crippen LogP contribution in [-0.2, 0) is 9.59 Å². The molecule has 9 heteroatoms. The van der Waals surface area contributed by atoms with E-state index in [4.69, 9.17) is 9.47 Å². The molecule has 0 saturated heterocycles. The Hall–Kier alpha value is -3.46. The first-order valence-corrected chi connectivity index (χ1v) is 10.5. The molecule has 2 heterocycles. The molecule has 160 valence electrons. The van der Waals surface area contributed by atoms with Crippen molar-refractivity contribution in [1.29, 1.82) is 0 Å². The second-order valence-corrected chi connectivity index (χ2v) is 7.76. The van der Waals surface area contributed by atoms with Crippen LogP contribution in [0.2, 0.25) is 0 Å². The van der Waals surface area contributed by atoms with E-state index in [0.717, 1.165) is 0 Å². The SMILES string of the molecule is COc1ccc(-c2csc(NC(=O)CCN3C(=O)[C@@H](C)Oc4ccccc43)n2)cc1F. The lowest BCUT2D eigenvalue weighted by Gasteiger charge is -2.32. The van der Waals surface area contributed by atoms with Crippen molar-refractivity contribution < 1.29 is 23.5 Å². The monoisotopic (exact) mass is 441 g/mol. The number of hydrogen-bond donors (Lipinski definition) is 1. The maximum Gasteiger partial charge on any atom is 0.267 e. The standard InChI is InChI=1S/C22H20FN3O4S/c1-13-21(28)26(17-5-3-4-6-19(17)30-13)10-9-20(27)25-22-24-16(12-31-22)14-7-8-18(29-2)15(23)11-14/h3-8,11-13H,9-10H2,1-2H3,(H,24,25,27)/t13-/m1/s1. The molecule has 0 aliphatic carbocycles. The van der Waals surface area contributed by atoms with Crippen molar-refractivity contribution in [3.05, 3.63) is 53.7 Å². The lowest BCUT2D eigenvalue weighted by Crippen LogP contribution is -2.45. The highest BCUT2D eigenvalue weighted by Crippen LogP contribution is 2.34. The van der Waals surface area contributed by atoms with Gasteiger partial charge in [-0.3, -0.25) is 9.59 Å². The Balaban J connectivity index is 1.40. The fourth-order valence-corrected chi connectivity index (χ4v) is 4.01. The van der Waals surface area contributed by atoms with Crippen LogP contribution in [-0.4, -0.2) is 36.6 Å². The van der Waals surface area contributed by atoms with Crippen molar-refractivity contribution in [2.24, 2.45) is 0 Å². The molecule has 0 fully saturated rings. The number of aromatic nitrogens is 1. The molecule has 0 radical (unpaired) electrons. The molecule has 1 N–H and O–H groups in total. The number of hydrogen-bond acceptors (Lipinski definition) is 6. The first kappa shape index (κ1) is 20.8. The van der Waals surface area contributed by atoms with Gasteiger partial charge in [0.1, 0.15) is 5.75 Å². The Labute approximate surface area is 182 Å². The summed E-state index contributed by atoms with van der Waals surface area (Å²) in [7, 11) is 1.40. The Kier molecular flexibility index (Phi) is 5.85. The summed E-state index contributed by atoms with van der Waals surface area (Å²) >= 11 is 1.24. The molecule has 1 aromatic heterocycles. The van der Waals surface area contributed by atoms with Crippen molar-refractivity contribution in [3.63, 3.8) is 0 Å². The molecule has 0 saturated carbocycles. The fourth-order valence-electron chi connectivity index (χ4n) is 3.27. The first-order valence-electron chi connectivity index (χ1n) is 9.62. The molecule has 1 atom stereocenters. The zero-order valence-electron chi connectivity index (χ0n) is 16.9. The molecule has 2 aromatic carbocycles. The number of nitrogens with zero attached hydrogens (tertiary/aromatic N) is 2. The van der Waals surface area contributed by atoms with Gasteiger partial charge in [-0.25, -0.2) is 9.37 Å². The number of para-hydroxylation sites is 2. The van der Waals surface area contributed by atoms with E-state index in [2.05, 4.69) is 10.3 Å². The maximum absolute atomic E-state index is 13.9. The minimum Gasteiger partial charge on any atom is -0.494 e. The van der Waals surface area contributed by atoms with Gasteiger partial charge in [-0.1, -0.05) is 12.1 Å². The van der Waals surface area contributed by atoms with Crippen LogP contribution in [0, 0.1) is 5.82 Å². The molecule has 1 aliphatic rings. The van der Waals surface area contributed by atoms with Crippen LogP contribution >= 0.6 is 11.3 Å². The molecule has 0 unspecified atom stereocenters. The summed E-state index contributed by atoms with van der Waals surface area (Å²) in [6.45, 7) is 1.90. The fraction of sp³-hybridized carbons (Fsp3) is 0.227.